The lowest BCUT2D eigenvalue weighted by molar-refractivity contribution is 0.0734. The van der Waals surface area contributed by atoms with E-state index in [1.165, 1.54) is 0 Å². The highest BCUT2D eigenvalue weighted by Gasteiger charge is 2.13. The van der Waals surface area contributed by atoms with E-state index < -0.39 is 5.97 Å². The van der Waals surface area contributed by atoms with Gasteiger partial charge < -0.3 is 9.47 Å². The molecule has 134 valence electrons. The molecule has 0 aliphatic heterocycles. The van der Waals surface area contributed by atoms with E-state index in [1.807, 2.05) is 30.3 Å². The van der Waals surface area contributed by atoms with E-state index in [1.54, 1.807) is 30.3 Å². The highest BCUT2D eigenvalue weighted by molar-refractivity contribution is 9.10. The lowest BCUT2D eigenvalue weighted by atomic mass is 10.1. The molecule has 0 saturated heterocycles. The van der Waals surface area contributed by atoms with Crippen molar-refractivity contribution in [3.8, 4) is 11.5 Å². The number of benzene rings is 3. The van der Waals surface area contributed by atoms with Crippen LogP contribution in [0.15, 0.2) is 65.1 Å². The van der Waals surface area contributed by atoms with Crippen LogP contribution in [0.2, 0.25) is 0 Å². The average Bonchev–Trinajstić information content (AvgIpc) is 2.64. The molecule has 0 atom stereocenters. The fourth-order valence-electron chi connectivity index (χ4n) is 2.55. The molecule has 0 amide bonds. The van der Waals surface area contributed by atoms with E-state index in [-0.39, 0.29) is 0 Å². The second-order valence-electron chi connectivity index (χ2n) is 6.54. The number of hydrogen-bond donors (Lipinski definition) is 0. The normalized spacial score (nSPS) is 10.9. The molecule has 3 nitrogen and oxygen atoms in total. The van der Waals surface area contributed by atoms with Crippen LogP contribution in [0.25, 0.3) is 10.8 Å². The zero-order valence-corrected chi connectivity index (χ0v) is 16.5. The number of hydrogen-bond acceptors (Lipinski definition) is 3. The summed E-state index contributed by atoms with van der Waals surface area (Å²) in [6.07, 6.45) is 1.000. The molecular weight excluding hydrogens is 392 g/mol. The topological polar surface area (TPSA) is 35.5 Å². The molecular formula is C22H21BrO3. The van der Waals surface area contributed by atoms with Gasteiger partial charge in [0.15, 0.2) is 0 Å². The maximum absolute atomic E-state index is 12.4. The number of rotatable bonds is 6. The summed E-state index contributed by atoms with van der Waals surface area (Å²) in [5.74, 6) is 1.47. The van der Waals surface area contributed by atoms with Crippen LogP contribution in [0.1, 0.15) is 30.6 Å². The van der Waals surface area contributed by atoms with E-state index in [9.17, 15) is 4.79 Å². The third-order valence-electron chi connectivity index (χ3n) is 4.08. The first-order valence-corrected chi connectivity index (χ1v) is 9.46. The van der Waals surface area contributed by atoms with Crippen molar-refractivity contribution in [2.45, 2.75) is 20.3 Å². The van der Waals surface area contributed by atoms with E-state index in [2.05, 4.69) is 29.8 Å². The van der Waals surface area contributed by atoms with Crippen LogP contribution >= 0.6 is 15.9 Å². The molecule has 4 heteroatoms. The Morgan fingerprint density at radius 2 is 1.73 bits per heavy atom. The smallest absolute Gasteiger partial charge is 0.343 e. The van der Waals surface area contributed by atoms with Gasteiger partial charge in [-0.3, -0.25) is 0 Å². The van der Waals surface area contributed by atoms with Gasteiger partial charge in [-0.15, -0.1) is 0 Å². The molecule has 0 heterocycles. The molecule has 0 aliphatic carbocycles. The van der Waals surface area contributed by atoms with Gasteiger partial charge >= 0.3 is 5.97 Å². The van der Waals surface area contributed by atoms with Gasteiger partial charge in [-0.05, 0) is 69.4 Å². The van der Waals surface area contributed by atoms with Gasteiger partial charge in [-0.1, -0.05) is 44.2 Å². The first-order valence-electron chi connectivity index (χ1n) is 8.67. The summed E-state index contributed by atoms with van der Waals surface area (Å²) in [6, 6.07) is 18.7. The summed E-state index contributed by atoms with van der Waals surface area (Å²) in [7, 11) is 0. The van der Waals surface area contributed by atoms with Crippen molar-refractivity contribution in [3.05, 3.63) is 70.7 Å². The molecule has 3 rings (SSSR count). The number of carbonyl (C=O) groups excluding carboxylic acids is 1. The molecule has 0 aliphatic rings. The Bertz CT molecular complexity index is 901. The molecule has 0 saturated carbocycles. The number of esters is 1. The average molecular weight is 413 g/mol. The van der Waals surface area contributed by atoms with E-state index >= 15 is 0 Å². The molecule has 26 heavy (non-hydrogen) atoms. The zero-order chi connectivity index (χ0) is 18.5. The minimum atomic E-state index is -0.394. The maximum atomic E-state index is 12.4. The zero-order valence-electron chi connectivity index (χ0n) is 14.9. The van der Waals surface area contributed by atoms with Crippen LogP contribution in [-0.2, 0) is 0 Å². The minimum Gasteiger partial charge on any atom is -0.494 e. The largest absolute Gasteiger partial charge is 0.494 e. The number of fused-ring (bicyclic) bond motifs is 1. The van der Waals surface area contributed by atoms with Crippen LogP contribution < -0.4 is 9.47 Å². The molecule has 0 unspecified atom stereocenters. The molecule has 0 aromatic heterocycles. The third-order valence-corrected chi connectivity index (χ3v) is 4.90. The van der Waals surface area contributed by atoms with Crippen LogP contribution in [0.5, 0.6) is 11.5 Å². The second-order valence-corrected chi connectivity index (χ2v) is 7.34. The molecule has 0 bridgehead atoms. The van der Waals surface area contributed by atoms with Crippen molar-refractivity contribution in [2.24, 2.45) is 5.92 Å². The van der Waals surface area contributed by atoms with Crippen molar-refractivity contribution < 1.29 is 14.3 Å². The van der Waals surface area contributed by atoms with Crippen LogP contribution in [0.4, 0.5) is 0 Å². The predicted molar refractivity (Wildman–Crippen MR) is 108 cm³/mol. The Labute approximate surface area is 162 Å². The molecule has 3 aromatic rings. The summed E-state index contributed by atoms with van der Waals surface area (Å²) in [4.78, 5) is 12.4. The highest BCUT2D eigenvalue weighted by atomic mass is 79.9. The van der Waals surface area contributed by atoms with Gasteiger partial charge in [0, 0.05) is 0 Å². The Balaban J connectivity index is 1.69. The Hall–Kier alpha value is -2.33. The third kappa shape index (κ3) is 4.44. The van der Waals surface area contributed by atoms with Gasteiger partial charge in [0.1, 0.15) is 11.5 Å². The van der Waals surface area contributed by atoms with Crippen LogP contribution in [-0.4, -0.2) is 12.6 Å². The van der Waals surface area contributed by atoms with Gasteiger partial charge in [0.25, 0.3) is 0 Å². The van der Waals surface area contributed by atoms with Crippen molar-refractivity contribution in [2.75, 3.05) is 6.61 Å². The van der Waals surface area contributed by atoms with Gasteiger partial charge in [0.05, 0.1) is 16.6 Å². The lowest BCUT2D eigenvalue weighted by Gasteiger charge is -2.10. The van der Waals surface area contributed by atoms with E-state index in [0.29, 0.717) is 23.8 Å². The van der Waals surface area contributed by atoms with Crippen molar-refractivity contribution >= 4 is 32.7 Å². The SMILES string of the molecule is CC(C)CCOc1ccc(C(=O)Oc2ccc3ccccc3c2Br)cc1. The number of halogens is 1. The summed E-state index contributed by atoms with van der Waals surface area (Å²) >= 11 is 3.54. The first-order chi connectivity index (χ1) is 12.5. The number of carbonyl (C=O) groups is 1. The monoisotopic (exact) mass is 412 g/mol. The minimum absolute atomic E-state index is 0.394. The van der Waals surface area contributed by atoms with Gasteiger partial charge in [-0.2, -0.15) is 0 Å². The molecule has 3 aromatic carbocycles. The Morgan fingerprint density at radius 3 is 2.46 bits per heavy atom. The number of ether oxygens (including phenoxy) is 2. The molecule has 0 radical (unpaired) electrons. The quantitative estimate of drug-likeness (QED) is 0.354. The fraction of sp³-hybridized carbons (Fsp3) is 0.227. The summed E-state index contributed by atoms with van der Waals surface area (Å²) in [6.45, 7) is 4.99. The Kier molecular flexibility index (Phi) is 5.94. The highest BCUT2D eigenvalue weighted by Crippen LogP contribution is 2.33. The molecule has 0 N–H and O–H groups in total. The maximum Gasteiger partial charge on any atom is 0.343 e. The summed E-state index contributed by atoms with van der Waals surface area (Å²) in [5, 5.41) is 2.09. The Morgan fingerprint density at radius 1 is 1.00 bits per heavy atom. The fourth-order valence-corrected chi connectivity index (χ4v) is 3.13. The summed E-state index contributed by atoms with van der Waals surface area (Å²) < 4.78 is 12.0. The van der Waals surface area contributed by atoms with E-state index in [0.717, 1.165) is 27.4 Å². The molecule has 0 fully saturated rings. The summed E-state index contributed by atoms with van der Waals surface area (Å²) in [5.41, 5.74) is 0.487. The first kappa shape index (κ1) is 18.5. The van der Waals surface area contributed by atoms with E-state index in [4.69, 9.17) is 9.47 Å². The van der Waals surface area contributed by atoms with Crippen LogP contribution in [0.3, 0.4) is 0 Å². The van der Waals surface area contributed by atoms with Gasteiger partial charge in [0.2, 0.25) is 0 Å². The van der Waals surface area contributed by atoms with Crippen LogP contribution in [0, 0.1) is 5.92 Å². The predicted octanol–water partition coefficient (Wildman–Crippen LogP) is 6.25. The standard InChI is InChI=1S/C22H21BrO3/c1-15(2)13-14-25-18-10-7-17(8-11-18)22(24)26-20-12-9-16-5-3-4-6-19(16)21(20)23/h3-12,15H,13-14H2,1-2H3. The molecule has 0 spiro atoms. The second kappa shape index (κ2) is 8.37. The van der Waals surface area contributed by atoms with Crippen molar-refractivity contribution in [3.63, 3.8) is 0 Å². The van der Waals surface area contributed by atoms with Gasteiger partial charge in [-0.25, -0.2) is 4.79 Å². The van der Waals surface area contributed by atoms with Crippen molar-refractivity contribution in [1.82, 2.24) is 0 Å². The lowest BCUT2D eigenvalue weighted by Crippen LogP contribution is -2.09. The van der Waals surface area contributed by atoms with Crippen molar-refractivity contribution in [1.29, 1.82) is 0 Å².